The Morgan fingerprint density at radius 2 is 1.94 bits per heavy atom. The van der Waals surface area contributed by atoms with Crippen LogP contribution in [0.25, 0.3) is 0 Å². The Bertz CT molecular complexity index is 540. The Morgan fingerprint density at radius 1 is 1.18 bits per heavy atom. The minimum Gasteiger partial charge on any atom is -0.383 e. The highest BCUT2D eigenvalue weighted by Crippen LogP contribution is 2.27. The summed E-state index contributed by atoms with van der Waals surface area (Å²) in [6, 6.07) is 7.01. The highest BCUT2D eigenvalue weighted by molar-refractivity contribution is 9.10. The molecule has 0 saturated carbocycles. The first-order valence-electron chi connectivity index (χ1n) is 4.67. The summed E-state index contributed by atoms with van der Waals surface area (Å²) in [6.07, 6.45) is 0. The van der Waals surface area contributed by atoms with Crippen LogP contribution in [0.1, 0.15) is 0 Å². The van der Waals surface area contributed by atoms with Gasteiger partial charge >= 0.3 is 0 Å². The smallest absolute Gasteiger partial charge is 0.223 e. The molecule has 0 spiro atoms. The van der Waals surface area contributed by atoms with E-state index in [1.807, 2.05) is 12.1 Å². The molecule has 5 nitrogen and oxygen atoms in total. The van der Waals surface area contributed by atoms with E-state index in [0.717, 1.165) is 10.2 Å². The molecule has 7 heteroatoms. The third kappa shape index (κ3) is 2.98. The van der Waals surface area contributed by atoms with Crippen molar-refractivity contribution in [1.82, 2.24) is 9.97 Å². The van der Waals surface area contributed by atoms with Gasteiger partial charge in [-0.05, 0) is 34.1 Å². The lowest BCUT2D eigenvalue weighted by molar-refractivity contribution is 1.19. The van der Waals surface area contributed by atoms with E-state index in [-0.39, 0.29) is 5.95 Å². The number of hydrogen-bond acceptors (Lipinski definition) is 5. The lowest BCUT2D eigenvalue weighted by Crippen LogP contribution is -2.02. The van der Waals surface area contributed by atoms with Crippen molar-refractivity contribution in [2.75, 3.05) is 16.8 Å². The Labute approximate surface area is 111 Å². The molecule has 0 aliphatic carbocycles. The van der Waals surface area contributed by atoms with E-state index in [1.165, 1.54) is 0 Å². The topological polar surface area (TPSA) is 89.8 Å². The number of halogens is 2. The number of benzene rings is 1. The molecular weight excluding hydrogens is 306 g/mol. The zero-order chi connectivity index (χ0) is 12.4. The average molecular weight is 315 g/mol. The summed E-state index contributed by atoms with van der Waals surface area (Å²) in [6.45, 7) is 0. The van der Waals surface area contributed by atoms with E-state index in [2.05, 4.69) is 31.2 Å². The van der Waals surface area contributed by atoms with Gasteiger partial charge < -0.3 is 16.8 Å². The molecule has 5 N–H and O–H groups in total. The fourth-order valence-electron chi connectivity index (χ4n) is 1.27. The second kappa shape index (κ2) is 4.77. The van der Waals surface area contributed by atoms with Crippen LogP contribution in [0.15, 0.2) is 28.7 Å². The molecule has 0 saturated heterocycles. The van der Waals surface area contributed by atoms with Gasteiger partial charge in [-0.3, -0.25) is 0 Å². The van der Waals surface area contributed by atoms with Crippen molar-refractivity contribution >= 4 is 50.8 Å². The predicted molar refractivity (Wildman–Crippen MR) is 73.3 cm³/mol. The zero-order valence-electron chi connectivity index (χ0n) is 8.61. The van der Waals surface area contributed by atoms with Gasteiger partial charge in [0.15, 0.2) is 0 Å². The molecule has 0 aliphatic heterocycles. The summed E-state index contributed by atoms with van der Waals surface area (Å²) in [5.41, 5.74) is 11.9. The maximum Gasteiger partial charge on any atom is 0.223 e. The molecule has 1 aromatic carbocycles. The lowest BCUT2D eigenvalue weighted by Gasteiger charge is -2.07. The van der Waals surface area contributed by atoms with Crippen molar-refractivity contribution in [2.45, 2.75) is 0 Å². The van der Waals surface area contributed by atoms with Crippen LogP contribution in [0.5, 0.6) is 0 Å². The minimum atomic E-state index is 0.125. The first-order chi connectivity index (χ1) is 8.04. The standard InChI is InChI=1S/C10H9BrClN5/c11-6-3-5(1-2-7(6)12)15-9-4-8(13)16-10(14)17-9/h1-4H,(H5,13,14,15,16,17). The molecule has 0 radical (unpaired) electrons. The van der Waals surface area contributed by atoms with E-state index >= 15 is 0 Å². The Kier molecular flexibility index (Phi) is 3.35. The number of nitrogens with two attached hydrogens (primary N) is 2. The molecule has 1 heterocycles. The molecular formula is C10H9BrClN5. The van der Waals surface area contributed by atoms with Crippen LogP contribution in [0.3, 0.4) is 0 Å². The number of anilines is 4. The van der Waals surface area contributed by atoms with Gasteiger partial charge in [0.05, 0.1) is 5.02 Å². The van der Waals surface area contributed by atoms with Crippen molar-refractivity contribution in [3.63, 3.8) is 0 Å². The monoisotopic (exact) mass is 313 g/mol. The number of nitrogens with one attached hydrogen (secondary N) is 1. The predicted octanol–water partition coefficient (Wildman–Crippen LogP) is 2.80. The second-order valence-corrected chi connectivity index (χ2v) is 4.55. The van der Waals surface area contributed by atoms with Crippen LogP contribution in [0, 0.1) is 0 Å². The summed E-state index contributed by atoms with van der Waals surface area (Å²) in [5.74, 6) is 0.970. The fourth-order valence-corrected chi connectivity index (χ4v) is 1.77. The number of nitrogens with zero attached hydrogens (tertiary/aromatic N) is 2. The molecule has 0 aliphatic rings. The fraction of sp³-hybridized carbons (Fsp3) is 0. The summed E-state index contributed by atoms with van der Waals surface area (Å²) >= 11 is 9.23. The SMILES string of the molecule is Nc1cc(Nc2ccc(Cl)c(Br)c2)nc(N)n1. The van der Waals surface area contributed by atoms with Crippen LogP contribution in [0.2, 0.25) is 5.02 Å². The first kappa shape index (κ1) is 11.9. The summed E-state index contributed by atoms with van der Waals surface area (Å²) < 4.78 is 0.791. The largest absolute Gasteiger partial charge is 0.383 e. The molecule has 2 aromatic rings. The van der Waals surface area contributed by atoms with E-state index < -0.39 is 0 Å². The van der Waals surface area contributed by atoms with Gasteiger partial charge in [0.25, 0.3) is 0 Å². The summed E-state index contributed by atoms with van der Waals surface area (Å²) in [4.78, 5) is 7.79. The highest BCUT2D eigenvalue weighted by atomic mass is 79.9. The molecule has 2 rings (SSSR count). The van der Waals surface area contributed by atoms with Crippen molar-refractivity contribution in [3.8, 4) is 0 Å². The van der Waals surface area contributed by atoms with Gasteiger partial charge in [0, 0.05) is 16.2 Å². The van der Waals surface area contributed by atoms with Crippen molar-refractivity contribution < 1.29 is 0 Å². The number of hydrogen-bond donors (Lipinski definition) is 3. The normalized spacial score (nSPS) is 10.2. The summed E-state index contributed by atoms with van der Waals surface area (Å²) in [5, 5.41) is 3.69. The third-order valence-electron chi connectivity index (χ3n) is 1.96. The minimum absolute atomic E-state index is 0.125. The number of nitrogen functional groups attached to an aromatic ring is 2. The Morgan fingerprint density at radius 3 is 2.59 bits per heavy atom. The quantitative estimate of drug-likeness (QED) is 0.793. The van der Waals surface area contributed by atoms with Gasteiger partial charge in [-0.2, -0.15) is 9.97 Å². The van der Waals surface area contributed by atoms with Crippen molar-refractivity contribution in [2.24, 2.45) is 0 Å². The molecule has 0 fully saturated rings. The maximum absolute atomic E-state index is 5.89. The lowest BCUT2D eigenvalue weighted by atomic mass is 10.3. The zero-order valence-corrected chi connectivity index (χ0v) is 11.0. The number of rotatable bonds is 2. The third-order valence-corrected chi connectivity index (χ3v) is 3.17. The van der Waals surface area contributed by atoms with E-state index in [9.17, 15) is 0 Å². The molecule has 0 amide bonds. The van der Waals surface area contributed by atoms with Gasteiger partial charge in [-0.15, -0.1) is 0 Å². The summed E-state index contributed by atoms with van der Waals surface area (Å²) in [7, 11) is 0. The van der Waals surface area contributed by atoms with Crippen LogP contribution in [-0.4, -0.2) is 9.97 Å². The van der Waals surface area contributed by atoms with Crippen LogP contribution in [0.4, 0.5) is 23.3 Å². The average Bonchev–Trinajstić information content (AvgIpc) is 2.22. The van der Waals surface area contributed by atoms with E-state index in [4.69, 9.17) is 23.1 Å². The first-order valence-corrected chi connectivity index (χ1v) is 5.84. The van der Waals surface area contributed by atoms with Gasteiger partial charge in [0.2, 0.25) is 5.95 Å². The Balaban J connectivity index is 2.28. The molecule has 1 aromatic heterocycles. The van der Waals surface area contributed by atoms with Gasteiger partial charge in [-0.25, -0.2) is 0 Å². The second-order valence-electron chi connectivity index (χ2n) is 3.29. The molecule has 0 bridgehead atoms. The van der Waals surface area contributed by atoms with E-state index in [0.29, 0.717) is 16.7 Å². The molecule has 0 atom stereocenters. The highest BCUT2D eigenvalue weighted by Gasteiger charge is 2.02. The van der Waals surface area contributed by atoms with Gasteiger partial charge in [0.1, 0.15) is 11.6 Å². The molecule has 88 valence electrons. The van der Waals surface area contributed by atoms with E-state index in [1.54, 1.807) is 12.1 Å². The molecule has 17 heavy (non-hydrogen) atoms. The van der Waals surface area contributed by atoms with Crippen molar-refractivity contribution in [1.29, 1.82) is 0 Å². The number of aromatic nitrogens is 2. The van der Waals surface area contributed by atoms with Crippen LogP contribution >= 0.6 is 27.5 Å². The molecule has 0 unspecified atom stereocenters. The van der Waals surface area contributed by atoms with Crippen LogP contribution < -0.4 is 16.8 Å². The Hall–Kier alpha value is -1.53. The van der Waals surface area contributed by atoms with Crippen LogP contribution in [-0.2, 0) is 0 Å². The maximum atomic E-state index is 5.89. The van der Waals surface area contributed by atoms with Gasteiger partial charge in [-0.1, -0.05) is 11.6 Å². The van der Waals surface area contributed by atoms with Crippen molar-refractivity contribution in [3.05, 3.63) is 33.8 Å².